The molecule has 0 aromatic carbocycles. The van der Waals surface area contributed by atoms with Crippen LogP contribution in [0, 0.1) is 11.3 Å². The summed E-state index contributed by atoms with van der Waals surface area (Å²) in [6, 6.07) is -0.809. The second kappa shape index (κ2) is 7.36. The molecule has 18 heavy (non-hydrogen) atoms. The molecule has 0 aliphatic rings. The number of carboxylic acids is 1. The fourth-order valence-corrected chi connectivity index (χ4v) is 1.86. The third-order valence-corrected chi connectivity index (χ3v) is 2.71. The highest BCUT2D eigenvalue weighted by atomic mass is 16.4. The summed E-state index contributed by atoms with van der Waals surface area (Å²) in [4.78, 5) is 23.0. The van der Waals surface area contributed by atoms with Crippen LogP contribution in [-0.2, 0) is 9.59 Å². The molecule has 0 aliphatic carbocycles. The monoisotopic (exact) mass is 258 g/mol. The van der Waals surface area contributed by atoms with Crippen molar-refractivity contribution in [2.75, 3.05) is 6.54 Å². The smallest absolute Gasteiger partial charge is 0.326 e. The zero-order chi connectivity index (χ0) is 14.3. The second-order valence-electron chi connectivity index (χ2n) is 5.89. The van der Waals surface area contributed by atoms with Gasteiger partial charge in [0, 0.05) is 6.54 Å². The second-order valence-corrected chi connectivity index (χ2v) is 5.89. The number of amides is 1. The summed E-state index contributed by atoms with van der Waals surface area (Å²) in [7, 11) is 0. The van der Waals surface area contributed by atoms with Crippen LogP contribution in [-0.4, -0.2) is 29.6 Å². The third-order valence-electron chi connectivity index (χ3n) is 2.71. The predicted octanol–water partition coefficient (Wildman–Crippen LogP) is 1.37. The molecule has 106 valence electrons. The zero-order valence-electron chi connectivity index (χ0n) is 11.8. The predicted molar refractivity (Wildman–Crippen MR) is 71.1 cm³/mol. The van der Waals surface area contributed by atoms with Gasteiger partial charge in [0.05, 0.1) is 5.92 Å². The van der Waals surface area contributed by atoms with Crippen LogP contribution in [0.4, 0.5) is 0 Å². The van der Waals surface area contributed by atoms with Crippen LogP contribution in [0.5, 0.6) is 0 Å². The Bertz CT molecular complexity index is 284. The van der Waals surface area contributed by atoms with Crippen LogP contribution in [0.1, 0.15) is 47.0 Å². The maximum atomic E-state index is 12.0. The summed E-state index contributed by atoms with van der Waals surface area (Å²) < 4.78 is 0. The van der Waals surface area contributed by atoms with E-state index in [2.05, 4.69) is 5.32 Å². The van der Waals surface area contributed by atoms with E-state index in [1.807, 2.05) is 27.7 Å². The molecule has 0 rings (SSSR count). The lowest BCUT2D eigenvalue weighted by molar-refractivity contribution is -0.142. The van der Waals surface area contributed by atoms with Crippen molar-refractivity contribution >= 4 is 11.9 Å². The fourth-order valence-electron chi connectivity index (χ4n) is 1.86. The minimum atomic E-state index is -0.989. The Balaban J connectivity index is 4.55. The normalized spacial score (nSPS) is 14.9. The molecule has 5 nitrogen and oxygen atoms in total. The molecule has 0 heterocycles. The van der Waals surface area contributed by atoms with E-state index in [-0.39, 0.29) is 23.8 Å². The third kappa shape index (κ3) is 6.59. The Morgan fingerprint density at radius 3 is 2.22 bits per heavy atom. The molecule has 4 N–H and O–H groups in total. The van der Waals surface area contributed by atoms with Crippen molar-refractivity contribution in [1.29, 1.82) is 0 Å². The van der Waals surface area contributed by atoms with E-state index >= 15 is 0 Å². The minimum absolute atomic E-state index is 0.00907. The molecule has 2 unspecified atom stereocenters. The van der Waals surface area contributed by atoms with Crippen molar-refractivity contribution in [3.63, 3.8) is 0 Å². The summed E-state index contributed by atoms with van der Waals surface area (Å²) in [6.45, 7) is 8.22. The quantitative estimate of drug-likeness (QED) is 0.643. The maximum Gasteiger partial charge on any atom is 0.326 e. The van der Waals surface area contributed by atoms with E-state index in [0.717, 1.165) is 0 Å². The van der Waals surface area contributed by atoms with Crippen LogP contribution in [0.25, 0.3) is 0 Å². The van der Waals surface area contributed by atoms with Crippen molar-refractivity contribution in [2.45, 2.75) is 53.0 Å². The Hall–Kier alpha value is -1.10. The van der Waals surface area contributed by atoms with Gasteiger partial charge in [0.2, 0.25) is 5.91 Å². The van der Waals surface area contributed by atoms with Gasteiger partial charge < -0.3 is 16.2 Å². The van der Waals surface area contributed by atoms with E-state index < -0.39 is 12.0 Å². The molecule has 0 aliphatic heterocycles. The van der Waals surface area contributed by atoms with Gasteiger partial charge in [-0.3, -0.25) is 4.79 Å². The maximum absolute atomic E-state index is 12.0. The van der Waals surface area contributed by atoms with Gasteiger partial charge in [-0.2, -0.15) is 0 Å². The zero-order valence-corrected chi connectivity index (χ0v) is 11.8. The van der Waals surface area contributed by atoms with Gasteiger partial charge in [-0.15, -0.1) is 0 Å². The van der Waals surface area contributed by atoms with Gasteiger partial charge >= 0.3 is 5.97 Å². The molecule has 0 radical (unpaired) electrons. The molecule has 0 aromatic heterocycles. The SMILES string of the molecule is CCCC(NC(=O)C(CN)CC(C)(C)C)C(=O)O. The topological polar surface area (TPSA) is 92.4 Å². The van der Waals surface area contributed by atoms with E-state index in [0.29, 0.717) is 19.3 Å². The summed E-state index contributed by atoms with van der Waals surface area (Å²) >= 11 is 0. The van der Waals surface area contributed by atoms with Gasteiger partial charge in [-0.25, -0.2) is 4.79 Å². The average molecular weight is 258 g/mol. The van der Waals surface area contributed by atoms with Crippen molar-refractivity contribution < 1.29 is 14.7 Å². The number of carbonyl (C=O) groups excluding carboxylic acids is 1. The first kappa shape index (κ1) is 16.9. The highest BCUT2D eigenvalue weighted by Crippen LogP contribution is 2.24. The first-order valence-corrected chi connectivity index (χ1v) is 6.44. The van der Waals surface area contributed by atoms with Crippen LogP contribution in [0.3, 0.4) is 0 Å². The highest BCUT2D eigenvalue weighted by Gasteiger charge is 2.27. The molecule has 0 bridgehead atoms. The molecular formula is C13H26N2O3. The lowest BCUT2D eigenvalue weighted by Crippen LogP contribution is -2.46. The van der Waals surface area contributed by atoms with E-state index in [1.54, 1.807) is 0 Å². The Labute approximate surface area is 109 Å². The summed E-state index contributed by atoms with van der Waals surface area (Å²) in [5, 5.41) is 11.6. The first-order chi connectivity index (χ1) is 8.21. The Morgan fingerprint density at radius 2 is 1.89 bits per heavy atom. The number of carbonyl (C=O) groups is 2. The summed E-state index contributed by atoms with van der Waals surface area (Å²) in [5.74, 6) is -1.58. The summed E-state index contributed by atoms with van der Waals surface area (Å²) in [5.41, 5.74) is 5.59. The van der Waals surface area contributed by atoms with Gasteiger partial charge in [0.1, 0.15) is 6.04 Å². The molecular weight excluding hydrogens is 232 g/mol. The minimum Gasteiger partial charge on any atom is -0.480 e. The van der Waals surface area contributed by atoms with E-state index in [4.69, 9.17) is 10.8 Å². The largest absolute Gasteiger partial charge is 0.480 e. The Kier molecular flexibility index (Phi) is 6.91. The number of nitrogens with two attached hydrogens (primary N) is 1. The number of aliphatic carboxylic acids is 1. The number of hydrogen-bond donors (Lipinski definition) is 3. The van der Waals surface area contributed by atoms with Gasteiger partial charge in [-0.1, -0.05) is 34.1 Å². The van der Waals surface area contributed by atoms with Crippen molar-refractivity contribution in [3.8, 4) is 0 Å². The molecule has 2 atom stereocenters. The Morgan fingerprint density at radius 1 is 1.33 bits per heavy atom. The number of nitrogens with one attached hydrogen (secondary N) is 1. The number of hydrogen-bond acceptors (Lipinski definition) is 3. The highest BCUT2D eigenvalue weighted by molar-refractivity contribution is 5.85. The number of carboxylic acid groups (broad SMARTS) is 1. The van der Waals surface area contributed by atoms with Gasteiger partial charge in [0.25, 0.3) is 0 Å². The first-order valence-electron chi connectivity index (χ1n) is 6.44. The van der Waals surface area contributed by atoms with Crippen molar-refractivity contribution in [1.82, 2.24) is 5.32 Å². The number of rotatable bonds is 7. The van der Waals surface area contributed by atoms with Crippen molar-refractivity contribution in [3.05, 3.63) is 0 Å². The van der Waals surface area contributed by atoms with Crippen LogP contribution >= 0.6 is 0 Å². The van der Waals surface area contributed by atoms with E-state index in [9.17, 15) is 9.59 Å². The lowest BCUT2D eigenvalue weighted by atomic mass is 9.84. The van der Waals surface area contributed by atoms with Crippen LogP contribution in [0.15, 0.2) is 0 Å². The summed E-state index contributed by atoms with van der Waals surface area (Å²) in [6.07, 6.45) is 1.80. The standard InChI is InChI=1S/C13H26N2O3/c1-5-6-10(12(17)18)15-11(16)9(8-14)7-13(2,3)4/h9-10H,5-8,14H2,1-4H3,(H,15,16)(H,17,18). The van der Waals surface area contributed by atoms with E-state index in [1.165, 1.54) is 0 Å². The molecule has 0 saturated heterocycles. The fraction of sp³-hybridized carbons (Fsp3) is 0.846. The molecule has 5 heteroatoms. The van der Waals surface area contributed by atoms with Gasteiger partial charge in [-0.05, 0) is 18.3 Å². The average Bonchev–Trinajstić information content (AvgIpc) is 2.23. The molecule has 1 amide bonds. The molecule has 0 aromatic rings. The lowest BCUT2D eigenvalue weighted by Gasteiger charge is -2.25. The molecule has 0 fully saturated rings. The molecule has 0 spiro atoms. The molecule has 0 saturated carbocycles. The van der Waals surface area contributed by atoms with Gasteiger partial charge in [0.15, 0.2) is 0 Å². The van der Waals surface area contributed by atoms with Crippen molar-refractivity contribution in [2.24, 2.45) is 17.1 Å². The van der Waals surface area contributed by atoms with Crippen LogP contribution in [0.2, 0.25) is 0 Å². The van der Waals surface area contributed by atoms with Crippen LogP contribution < -0.4 is 11.1 Å².